The second-order valence-corrected chi connectivity index (χ2v) is 7.66. The van der Waals surface area contributed by atoms with E-state index in [2.05, 4.69) is 40.2 Å². The molecule has 1 unspecified atom stereocenters. The Morgan fingerprint density at radius 3 is 3.00 bits per heavy atom. The second-order valence-electron chi connectivity index (χ2n) is 7.66. The van der Waals surface area contributed by atoms with E-state index < -0.39 is 0 Å². The molecule has 5 heteroatoms. The van der Waals surface area contributed by atoms with Gasteiger partial charge in [0, 0.05) is 38.6 Å². The first-order chi connectivity index (χ1) is 12.8. The van der Waals surface area contributed by atoms with Crippen LogP contribution in [0.4, 0.5) is 0 Å². The summed E-state index contributed by atoms with van der Waals surface area (Å²) < 4.78 is 5.60. The molecular weight excluding hydrogens is 324 g/mol. The van der Waals surface area contributed by atoms with Gasteiger partial charge in [-0.3, -0.25) is 9.89 Å². The lowest BCUT2D eigenvalue weighted by molar-refractivity contribution is 0.249. The van der Waals surface area contributed by atoms with Crippen LogP contribution in [-0.2, 0) is 12.8 Å². The van der Waals surface area contributed by atoms with Crippen molar-refractivity contribution in [2.75, 3.05) is 45.9 Å². The van der Waals surface area contributed by atoms with Gasteiger partial charge in [-0.2, -0.15) is 0 Å². The van der Waals surface area contributed by atoms with Gasteiger partial charge in [-0.15, -0.1) is 0 Å². The number of nitrogens with one attached hydrogen (secondary N) is 1. The number of ether oxygens (including phenoxy) is 1. The smallest absolute Gasteiger partial charge is 0.193 e. The number of fused-ring (bicyclic) bond motifs is 1. The first kappa shape index (κ1) is 17.7. The molecule has 26 heavy (non-hydrogen) atoms. The molecule has 4 rings (SSSR count). The molecule has 0 aliphatic carbocycles. The lowest BCUT2D eigenvalue weighted by Crippen LogP contribution is -2.42. The summed E-state index contributed by atoms with van der Waals surface area (Å²) >= 11 is 0. The van der Waals surface area contributed by atoms with Gasteiger partial charge in [-0.05, 0) is 62.9 Å². The summed E-state index contributed by atoms with van der Waals surface area (Å²) in [6.45, 7) is 9.58. The second kappa shape index (κ2) is 8.30. The highest BCUT2D eigenvalue weighted by Crippen LogP contribution is 2.26. The molecule has 0 bridgehead atoms. The van der Waals surface area contributed by atoms with Crippen LogP contribution in [0.25, 0.3) is 0 Å². The summed E-state index contributed by atoms with van der Waals surface area (Å²) in [4.78, 5) is 10.1. The molecule has 0 spiro atoms. The van der Waals surface area contributed by atoms with Crippen molar-refractivity contribution in [1.82, 2.24) is 15.1 Å². The van der Waals surface area contributed by atoms with Crippen molar-refractivity contribution in [3.8, 4) is 5.75 Å². The molecule has 0 radical (unpaired) electrons. The van der Waals surface area contributed by atoms with Crippen molar-refractivity contribution in [3.63, 3.8) is 0 Å². The van der Waals surface area contributed by atoms with Gasteiger partial charge in [0.15, 0.2) is 5.96 Å². The molecule has 1 aromatic rings. The predicted octanol–water partition coefficient (Wildman–Crippen LogP) is 2.30. The molecule has 1 aromatic carbocycles. The van der Waals surface area contributed by atoms with Gasteiger partial charge < -0.3 is 15.0 Å². The first-order valence-corrected chi connectivity index (χ1v) is 10.4. The minimum Gasteiger partial charge on any atom is -0.493 e. The molecule has 5 nitrogen and oxygen atoms in total. The van der Waals surface area contributed by atoms with Gasteiger partial charge in [0.1, 0.15) is 5.75 Å². The zero-order valence-corrected chi connectivity index (χ0v) is 16.0. The molecule has 142 valence electrons. The topological polar surface area (TPSA) is 40.1 Å². The summed E-state index contributed by atoms with van der Waals surface area (Å²) in [5, 5.41) is 3.50. The summed E-state index contributed by atoms with van der Waals surface area (Å²) in [6, 6.07) is 7.32. The summed E-state index contributed by atoms with van der Waals surface area (Å²) in [6.07, 6.45) is 6.05. The van der Waals surface area contributed by atoms with E-state index in [4.69, 9.17) is 9.73 Å². The van der Waals surface area contributed by atoms with Crippen molar-refractivity contribution < 1.29 is 4.74 Å². The molecule has 0 amide bonds. The third kappa shape index (κ3) is 3.98. The number of hydrogen-bond donors (Lipinski definition) is 1. The highest BCUT2D eigenvalue weighted by atomic mass is 16.5. The van der Waals surface area contributed by atoms with Gasteiger partial charge >= 0.3 is 0 Å². The fraction of sp³-hybridized carbons (Fsp3) is 0.667. The number of guanidine groups is 1. The van der Waals surface area contributed by atoms with Gasteiger partial charge in [0.25, 0.3) is 0 Å². The van der Waals surface area contributed by atoms with Crippen LogP contribution in [0.2, 0.25) is 0 Å². The number of nitrogens with zero attached hydrogens (tertiary/aromatic N) is 3. The minimum atomic E-state index is 0.720. The van der Waals surface area contributed by atoms with Crippen LogP contribution in [0.1, 0.15) is 37.3 Å². The van der Waals surface area contributed by atoms with Crippen LogP contribution in [0.3, 0.4) is 0 Å². The van der Waals surface area contributed by atoms with E-state index in [1.54, 1.807) is 0 Å². The normalized spacial score (nSPS) is 23.3. The van der Waals surface area contributed by atoms with E-state index >= 15 is 0 Å². The Hall–Kier alpha value is -1.75. The number of likely N-dealkylation sites (tertiary alicyclic amines) is 2. The molecule has 3 aliphatic heterocycles. The Balaban J connectivity index is 1.34. The third-order valence-electron chi connectivity index (χ3n) is 5.87. The highest BCUT2D eigenvalue weighted by molar-refractivity contribution is 5.80. The fourth-order valence-electron chi connectivity index (χ4n) is 4.45. The van der Waals surface area contributed by atoms with E-state index in [1.165, 1.54) is 43.5 Å². The molecule has 3 heterocycles. The van der Waals surface area contributed by atoms with Crippen LogP contribution in [-0.4, -0.2) is 67.7 Å². The monoisotopic (exact) mass is 356 g/mol. The highest BCUT2D eigenvalue weighted by Gasteiger charge is 2.30. The van der Waals surface area contributed by atoms with Gasteiger partial charge in [0.05, 0.1) is 6.61 Å². The number of hydrogen-bond acceptors (Lipinski definition) is 3. The Bertz CT molecular complexity index is 639. The molecule has 2 fully saturated rings. The van der Waals surface area contributed by atoms with Crippen molar-refractivity contribution in [2.45, 2.75) is 45.1 Å². The Morgan fingerprint density at radius 2 is 2.15 bits per heavy atom. The average Bonchev–Trinajstić information content (AvgIpc) is 3.40. The lowest BCUT2D eigenvalue weighted by atomic mass is 10.1. The molecular formula is C21H32N4O. The maximum Gasteiger partial charge on any atom is 0.193 e. The Kier molecular flexibility index (Phi) is 5.63. The Labute approximate surface area is 157 Å². The zero-order chi connectivity index (χ0) is 17.8. The summed E-state index contributed by atoms with van der Waals surface area (Å²) in [7, 11) is 0. The molecule has 1 atom stereocenters. The van der Waals surface area contributed by atoms with Gasteiger partial charge in [0.2, 0.25) is 0 Å². The van der Waals surface area contributed by atoms with E-state index in [9.17, 15) is 0 Å². The fourth-order valence-corrected chi connectivity index (χ4v) is 4.45. The minimum absolute atomic E-state index is 0.720. The van der Waals surface area contributed by atoms with Crippen LogP contribution >= 0.6 is 0 Å². The Morgan fingerprint density at radius 1 is 1.27 bits per heavy atom. The van der Waals surface area contributed by atoms with E-state index in [-0.39, 0.29) is 0 Å². The van der Waals surface area contributed by atoms with Crippen LogP contribution in [0, 0.1) is 0 Å². The van der Waals surface area contributed by atoms with Crippen molar-refractivity contribution in [3.05, 3.63) is 29.3 Å². The van der Waals surface area contributed by atoms with E-state index in [0.717, 1.165) is 63.4 Å². The number of aliphatic imine (C=N–C) groups is 1. The SMILES string of the molecule is CCNC(=NCCc1ccc2c(c1)CCO2)N1CCC(N2CCCC2)C1. The van der Waals surface area contributed by atoms with E-state index in [1.807, 2.05) is 0 Å². The van der Waals surface area contributed by atoms with Crippen LogP contribution in [0.5, 0.6) is 5.75 Å². The van der Waals surface area contributed by atoms with Crippen molar-refractivity contribution in [2.24, 2.45) is 4.99 Å². The predicted molar refractivity (Wildman–Crippen MR) is 106 cm³/mol. The molecule has 2 saturated heterocycles. The third-order valence-corrected chi connectivity index (χ3v) is 5.87. The molecule has 3 aliphatic rings. The largest absolute Gasteiger partial charge is 0.493 e. The number of rotatable bonds is 5. The molecule has 0 aromatic heterocycles. The standard InChI is InChI=1S/C21H32N4O/c1-2-22-21(25-13-8-19(16-25)24-11-3-4-12-24)23-10-7-17-5-6-20-18(15-17)9-14-26-20/h5-6,15,19H,2-4,7-14,16H2,1H3,(H,22,23). The maximum atomic E-state index is 5.60. The van der Waals surface area contributed by atoms with Crippen molar-refractivity contribution >= 4 is 5.96 Å². The molecule has 0 saturated carbocycles. The summed E-state index contributed by atoms with van der Waals surface area (Å²) in [5.41, 5.74) is 2.72. The lowest BCUT2D eigenvalue weighted by Gasteiger charge is -2.25. The summed E-state index contributed by atoms with van der Waals surface area (Å²) in [5.74, 6) is 2.16. The molecule has 1 N–H and O–H groups in total. The van der Waals surface area contributed by atoms with E-state index in [0.29, 0.717) is 0 Å². The number of benzene rings is 1. The first-order valence-electron chi connectivity index (χ1n) is 10.4. The maximum absolute atomic E-state index is 5.60. The average molecular weight is 357 g/mol. The quantitative estimate of drug-likeness (QED) is 0.649. The van der Waals surface area contributed by atoms with Gasteiger partial charge in [-0.1, -0.05) is 12.1 Å². The van der Waals surface area contributed by atoms with Crippen LogP contribution in [0.15, 0.2) is 23.2 Å². The van der Waals surface area contributed by atoms with Crippen LogP contribution < -0.4 is 10.1 Å². The zero-order valence-electron chi connectivity index (χ0n) is 16.0. The van der Waals surface area contributed by atoms with Crippen molar-refractivity contribution in [1.29, 1.82) is 0 Å². The van der Waals surface area contributed by atoms with Gasteiger partial charge in [-0.25, -0.2) is 0 Å².